The molecule has 3 heterocycles. The smallest absolute Gasteiger partial charge is 0.264 e. The maximum absolute atomic E-state index is 12.5. The molecule has 0 unspecified atom stereocenters. The highest BCUT2D eigenvalue weighted by atomic mass is 16.1. The summed E-state index contributed by atoms with van der Waals surface area (Å²) in [5.41, 5.74) is 2.45. The van der Waals surface area contributed by atoms with Gasteiger partial charge in [0.25, 0.3) is 5.56 Å². The van der Waals surface area contributed by atoms with Gasteiger partial charge in [0, 0.05) is 25.4 Å². The van der Waals surface area contributed by atoms with Crippen LogP contribution in [0.5, 0.6) is 0 Å². The molecule has 0 aromatic carbocycles. The van der Waals surface area contributed by atoms with E-state index in [9.17, 15) is 4.79 Å². The molecule has 0 radical (unpaired) electrons. The molecule has 0 bridgehead atoms. The minimum Gasteiger partial charge on any atom is -0.298 e. The average Bonchev–Trinajstić information content (AvgIpc) is 3.27. The van der Waals surface area contributed by atoms with Crippen LogP contribution in [0, 0.1) is 6.92 Å². The van der Waals surface area contributed by atoms with Crippen molar-refractivity contribution in [3.05, 3.63) is 46.7 Å². The van der Waals surface area contributed by atoms with E-state index in [-0.39, 0.29) is 5.56 Å². The van der Waals surface area contributed by atoms with Gasteiger partial charge in [-0.15, -0.1) is 0 Å². The minimum atomic E-state index is -0.0431. The zero-order chi connectivity index (χ0) is 15.1. The summed E-state index contributed by atoms with van der Waals surface area (Å²) < 4.78 is 3.49. The number of rotatable bonds is 4. The summed E-state index contributed by atoms with van der Waals surface area (Å²) in [5.74, 6) is 0. The summed E-state index contributed by atoms with van der Waals surface area (Å²) in [6.07, 6.45) is 9.48. The molecule has 7 nitrogen and oxygen atoms in total. The first kappa shape index (κ1) is 13.1. The lowest BCUT2D eigenvalue weighted by atomic mass is 10.2. The van der Waals surface area contributed by atoms with Crippen LogP contribution in [0.1, 0.15) is 30.3 Å². The Kier molecular flexibility index (Phi) is 2.99. The predicted molar refractivity (Wildman–Crippen MR) is 80.5 cm³/mol. The first-order chi connectivity index (χ1) is 10.7. The molecule has 22 heavy (non-hydrogen) atoms. The van der Waals surface area contributed by atoms with Gasteiger partial charge in [0.05, 0.1) is 30.0 Å². The highest BCUT2D eigenvalue weighted by molar-refractivity contribution is 5.73. The van der Waals surface area contributed by atoms with Crippen molar-refractivity contribution in [3.63, 3.8) is 0 Å². The molecule has 1 saturated carbocycles. The third-order valence-electron chi connectivity index (χ3n) is 4.04. The normalized spacial score (nSPS) is 14.6. The Morgan fingerprint density at radius 1 is 1.23 bits per heavy atom. The maximum Gasteiger partial charge on any atom is 0.264 e. The first-order valence-electron chi connectivity index (χ1n) is 7.43. The maximum atomic E-state index is 12.5. The van der Waals surface area contributed by atoms with Crippen LogP contribution in [0.2, 0.25) is 0 Å². The fourth-order valence-electron chi connectivity index (χ4n) is 2.62. The third-order valence-corrected chi connectivity index (χ3v) is 4.04. The average molecular weight is 296 g/mol. The largest absolute Gasteiger partial charge is 0.298 e. The van der Waals surface area contributed by atoms with E-state index < -0.39 is 0 Å². The van der Waals surface area contributed by atoms with Gasteiger partial charge in [0.1, 0.15) is 5.39 Å². The number of hydrogen-bond donors (Lipinski definition) is 0. The van der Waals surface area contributed by atoms with Crippen molar-refractivity contribution in [3.8, 4) is 0 Å². The molecule has 1 aliphatic rings. The van der Waals surface area contributed by atoms with E-state index in [2.05, 4.69) is 20.1 Å². The van der Waals surface area contributed by atoms with Gasteiger partial charge in [-0.2, -0.15) is 5.10 Å². The second kappa shape index (κ2) is 5.01. The molecule has 4 rings (SSSR count). The van der Waals surface area contributed by atoms with Crippen molar-refractivity contribution >= 4 is 11.0 Å². The standard InChI is InChI=1S/C15H16N6O/c1-10-13(17-6-5-16-10)4-7-20-9-18-14-12(15(20)22)8-19-21(14)11-2-3-11/h5-6,8-9,11H,2-4,7H2,1H3. The zero-order valence-corrected chi connectivity index (χ0v) is 12.3. The molecule has 0 spiro atoms. The predicted octanol–water partition coefficient (Wildman–Crippen LogP) is 1.27. The van der Waals surface area contributed by atoms with Gasteiger partial charge in [-0.1, -0.05) is 0 Å². The Bertz CT molecular complexity index is 892. The fraction of sp³-hybridized carbons (Fsp3) is 0.400. The summed E-state index contributed by atoms with van der Waals surface area (Å²) in [4.78, 5) is 25.5. The molecule has 0 amide bonds. The Hall–Kier alpha value is -2.57. The molecular weight excluding hydrogens is 280 g/mol. The summed E-state index contributed by atoms with van der Waals surface area (Å²) in [6, 6.07) is 0.419. The number of aromatic nitrogens is 6. The Morgan fingerprint density at radius 3 is 2.82 bits per heavy atom. The number of hydrogen-bond acceptors (Lipinski definition) is 5. The fourth-order valence-corrected chi connectivity index (χ4v) is 2.62. The highest BCUT2D eigenvalue weighted by Crippen LogP contribution is 2.35. The van der Waals surface area contributed by atoms with Gasteiger partial charge in [-0.3, -0.25) is 19.3 Å². The molecule has 0 N–H and O–H groups in total. The topological polar surface area (TPSA) is 78.5 Å². The van der Waals surface area contributed by atoms with E-state index in [1.54, 1.807) is 29.5 Å². The van der Waals surface area contributed by atoms with Crippen molar-refractivity contribution in [2.24, 2.45) is 0 Å². The molecule has 7 heteroatoms. The monoisotopic (exact) mass is 296 g/mol. The molecule has 1 fully saturated rings. The summed E-state index contributed by atoms with van der Waals surface area (Å²) in [7, 11) is 0. The first-order valence-corrected chi connectivity index (χ1v) is 7.43. The van der Waals surface area contributed by atoms with E-state index in [1.807, 2.05) is 11.6 Å². The van der Waals surface area contributed by atoms with Gasteiger partial charge in [0.2, 0.25) is 0 Å². The summed E-state index contributed by atoms with van der Waals surface area (Å²) in [5, 5.41) is 4.90. The van der Waals surface area contributed by atoms with Crippen molar-refractivity contribution in [1.29, 1.82) is 0 Å². The van der Waals surface area contributed by atoms with Gasteiger partial charge >= 0.3 is 0 Å². The van der Waals surface area contributed by atoms with E-state index in [0.717, 1.165) is 24.2 Å². The highest BCUT2D eigenvalue weighted by Gasteiger charge is 2.27. The zero-order valence-electron chi connectivity index (χ0n) is 12.3. The number of fused-ring (bicyclic) bond motifs is 1. The molecule has 3 aromatic rings. The molecule has 112 valence electrons. The van der Waals surface area contributed by atoms with Crippen LogP contribution in [0.3, 0.4) is 0 Å². The van der Waals surface area contributed by atoms with Crippen LogP contribution in [-0.4, -0.2) is 29.3 Å². The van der Waals surface area contributed by atoms with Gasteiger partial charge < -0.3 is 0 Å². The molecule has 0 aliphatic heterocycles. The number of aryl methyl sites for hydroxylation is 3. The van der Waals surface area contributed by atoms with E-state index in [1.165, 1.54) is 0 Å². The molecular formula is C15H16N6O. The Balaban J connectivity index is 1.64. The Labute approximate surface area is 126 Å². The van der Waals surface area contributed by atoms with Crippen molar-refractivity contribution in [1.82, 2.24) is 29.3 Å². The van der Waals surface area contributed by atoms with E-state index >= 15 is 0 Å². The van der Waals surface area contributed by atoms with Gasteiger partial charge in [-0.25, -0.2) is 9.67 Å². The van der Waals surface area contributed by atoms with Crippen LogP contribution < -0.4 is 5.56 Å². The van der Waals surface area contributed by atoms with Gasteiger partial charge in [-0.05, 0) is 19.8 Å². The van der Waals surface area contributed by atoms with Crippen LogP contribution in [0.4, 0.5) is 0 Å². The van der Waals surface area contributed by atoms with Crippen LogP contribution >= 0.6 is 0 Å². The van der Waals surface area contributed by atoms with Crippen molar-refractivity contribution in [2.75, 3.05) is 0 Å². The molecule has 0 atom stereocenters. The lowest BCUT2D eigenvalue weighted by Crippen LogP contribution is -2.22. The van der Waals surface area contributed by atoms with Crippen LogP contribution in [0.25, 0.3) is 11.0 Å². The molecule has 0 saturated heterocycles. The quantitative estimate of drug-likeness (QED) is 0.724. The SMILES string of the molecule is Cc1nccnc1CCn1cnc2c(cnn2C2CC2)c1=O. The van der Waals surface area contributed by atoms with Crippen LogP contribution in [0.15, 0.2) is 29.7 Å². The third kappa shape index (κ3) is 2.18. The lowest BCUT2D eigenvalue weighted by molar-refractivity contribution is 0.636. The second-order valence-corrected chi connectivity index (χ2v) is 5.64. The summed E-state index contributed by atoms with van der Waals surface area (Å²) in [6.45, 7) is 2.46. The van der Waals surface area contributed by atoms with E-state index in [0.29, 0.717) is 30.0 Å². The summed E-state index contributed by atoms with van der Waals surface area (Å²) >= 11 is 0. The lowest BCUT2D eigenvalue weighted by Gasteiger charge is -2.07. The minimum absolute atomic E-state index is 0.0431. The van der Waals surface area contributed by atoms with E-state index in [4.69, 9.17) is 0 Å². The van der Waals surface area contributed by atoms with Crippen molar-refractivity contribution < 1.29 is 0 Å². The number of nitrogens with zero attached hydrogens (tertiary/aromatic N) is 6. The molecule has 1 aliphatic carbocycles. The molecule has 3 aromatic heterocycles. The Morgan fingerprint density at radius 2 is 2.05 bits per heavy atom. The van der Waals surface area contributed by atoms with Gasteiger partial charge in [0.15, 0.2) is 5.65 Å². The van der Waals surface area contributed by atoms with Crippen molar-refractivity contribution in [2.45, 2.75) is 38.8 Å². The second-order valence-electron chi connectivity index (χ2n) is 5.64. The van der Waals surface area contributed by atoms with Crippen LogP contribution in [-0.2, 0) is 13.0 Å².